The highest BCUT2D eigenvalue weighted by molar-refractivity contribution is 6.35. The molecule has 1 atom stereocenters. The molecule has 1 aromatic heterocycles. The maximum Gasteiger partial charge on any atom is 0.0932 e. The normalized spacial score (nSPS) is 13.4. The average Bonchev–Trinajstić information content (AvgIpc) is 2.62. The number of benzene rings is 1. The number of aromatic amines is 1. The lowest BCUT2D eigenvalue weighted by Crippen LogP contribution is -2.10. The van der Waals surface area contributed by atoms with Crippen molar-refractivity contribution in [1.29, 1.82) is 0 Å². The van der Waals surface area contributed by atoms with Crippen LogP contribution in [-0.2, 0) is 0 Å². The van der Waals surface area contributed by atoms with Crippen molar-refractivity contribution in [3.8, 4) is 0 Å². The first-order chi connectivity index (χ1) is 6.74. The molecule has 0 spiro atoms. The predicted molar refractivity (Wildman–Crippen MR) is 57.3 cm³/mol. The van der Waals surface area contributed by atoms with Gasteiger partial charge in [0.2, 0.25) is 0 Å². The Labute approximate surface area is 86.5 Å². The lowest BCUT2D eigenvalue weighted by molar-refractivity contribution is 0.188. The van der Waals surface area contributed by atoms with Crippen LogP contribution in [0.1, 0.15) is 11.7 Å². The molecule has 0 saturated carbocycles. The molecule has 0 saturated heterocycles. The molecule has 74 valence electrons. The minimum absolute atomic E-state index is 0.208. The Hall–Kier alpha value is -1.03. The molecule has 0 aliphatic rings. The first-order valence-corrected chi connectivity index (χ1v) is 4.75. The summed E-state index contributed by atoms with van der Waals surface area (Å²) in [7, 11) is 0. The number of fused-ring (bicyclic) bond motifs is 1. The van der Waals surface area contributed by atoms with Crippen molar-refractivity contribution >= 4 is 22.5 Å². The van der Waals surface area contributed by atoms with Crippen molar-refractivity contribution in [2.75, 3.05) is 6.54 Å². The highest BCUT2D eigenvalue weighted by Crippen LogP contribution is 2.28. The van der Waals surface area contributed by atoms with Crippen molar-refractivity contribution in [1.82, 2.24) is 4.98 Å². The summed E-state index contributed by atoms with van der Waals surface area (Å²) in [5, 5.41) is 11.2. The monoisotopic (exact) mass is 210 g/mol. The molecule has 0 fully saturated rings. The highest BCUT2D eigenvalue weighted by atomic mass is 35.5. The fourth-order valence-corrected chi connectivity index (χ4v) is 1.77. The maximum atomic E-state index is 9.62. The van der Waals surface area contributed by atoms with Gasteiger partial charge in [0.1, 0.15) is 0 Å². The third kappa shape index (κ3) is 1.39. The Bertz CT molecular complexity index is 452. The van der Waals surface area contributed by atoms with Gasteiger partial charge in [-0.1, -0.05) is 23.7 Å². The van der Waals surface area contributed by atoms with E-state index in [4.69, 9.17) is 17.3 Å². The van der Waals surface area contributed by atoms with Crippen LogP contribution in [-0.4, -0.2) is 16.6 Å². The molecule has 14 heavy (non-hydrogen) atoms. The molecule has 0 radical (unpaired) electrons. The van der Waals surface area contributed by atoms with E-state index in [0.29, 0.717) is 5.02 Å². The van der Waals surface area contributed by atoms with Crippen molar-refractivity contribution < 1.29 is 5.11 Å². The number of rotatable bonds is 2. The van der Waals surface area contributed by atoms with Gasteiger partial charge in [0.25, 0.3) is 0 Å². The van der Waals surface area contributed by atoms with Crippen LogP contribution >= 0.6 is 11.6 Å². The maximum absolute atomic E-state index is 9.62. The first-order valence-electron chi connectivity index (χ1n) is 4.37. The van der Waals surface area contributed by atoms with Crippen LogP contribution in [0.5, 0.6) is 0 Å². The van der Waals surface area contributed by atoms with Crippen LogP contribution < -0.4 is 5.73 Å². The minimum Gasteiger partial charge on any atom is -0.387 e. The summed E-state index contributed by atoms with van der Waals surface area (Å²) in [5.41, 5.74) is 7.04. The van der Waals surface area contributed by atoms with E-state index >= 15 is 0 Å². The number of halogens is 1. The largest absolute Gasteiger partial charge is 0.387 e. The molecule has 0 aliphatic heterocycles. The molecule has 2 rings (SSSR count). The van der Waals surface area contributed by atoms with Gasteiger partial charge in [-0.15, -0.1) is 0 Å². The molecule has 0 aliphatic carbocycles. The van der Waals surface area contributed by atoms with Crippen LogP contribution in [0.2, 0.25) is 5.02 Å². The van der Waals surface area contributed by atoms with Gasteiger partial charge in [0, 0.05) is 23.7 Å². The quantitative estimate of drug-likeness (QED) is 0.708. The molecule has 3 nitrogen and oxygen atoms in total. The fraction of sp³-hybridized carbons (Fsp3) is 0.200. The van der Waals surface area contributed by atoms with E-state index < -0.39 is 6.10 Å². The Kier molecular flexibility index (Phi) is 2.46. The Morgan fingerprint density at radius 1 is 1.50 bits per heavy atom. The lowest BCUT2D eigenvalue weighted by Gasteiger charge is -2.05. The number of nitrogens with one attached hydrogen (secondary N) is 1. The van der Waals surface area contributed by atoms with Gasteiger partial charge in [-0.3, -0.25) is 0 Å². The number of para-hydroxylation sites is 1. The fourth-order valence-electron chi connectivity index (χ4n) is 1.54. The van der Waals surface area contributed by atoms with Crippen molar-refractivity contribution in [3.63, 3.8) is 0 Å². The summed E-state index contributed by atoms with van der Waals surface area (Å²) in [6, 6.07) is 5.57. The highest BCUT2D eigenvalue weighted by Gasteiger charge is 2.12. The standard InChI is InChI=1S/C10H11ClN2O/c11-8-3-1-2-6-7(9(14)4-12)5-13-10(6)8/h1-3,5,9,13-14H,4,12H2. The zero-order chi connectivity index (χ0) is 10.1. The van der Waals surface area contributed by atoms with E-state index in [-0.39, 0.29) is 6.54 Å². The zero-order valence-electron chi connectivity index (χ0n) is 7.50. The first kappa shape index (κ1) is 9.52. The smallest absolute Gasteiger partial charge is 0.0932 e. The molecule has 0 amide bonds. The van der Waals surface area contributed by atoms with E-state index in [0.717, 1.165) is 16.5 Å². The number of hydrogen-bond donors (Lipinski definition) is 3. The van der Waals surface area contributed by atoms with Crippen LogP contribution in [0.3, 0.4) is 0 Å². The summed E-state index contributed by atoms with van der Waals surface area (Å²) in [4.78, 5) is 3.02. The third-order valence-electron chi connectivity index (χ3n) is 2.28. The second-order valence-corrected chi connectivity index (χ2v) is 3.57. The predicted octanol–water partition coefficient (Wildman–Crippen LogP) is 1.81. The van der Waals surface area contributed by atoms with E-state index in [1.165, 1.54) is 0 Å². The number of hydrogen-bond acceptors (Lipinski definition) is 2. The molecular weight excluding hydrogens is 200 g/mol. The van der Waals surface area contributed by atoms with Gasteiger partial charge in [-0.05, 0) is 6.07 Å². The van der Waals surface area contributed by atoms with Gasteiger partial charge in [-0.25, -0.2) is 0 Å². The van der Waals surface area contributed by atoms with Gasteiger partial charge >= 0.3 is 0 Å². The number of nitrogens with two attached hydrogens (primary N) is 1. The van der Waals surface area contributed by atoms with Gasteiger partial charge < -0.3 is 15.8 Å². The molecule has 1 unspecified atom stereocenters. The number of aliphatic hydroxyl groups is 1. The van der Waals surface area contributed by atoms with Gasteiger partial charge in [0.15, 0.2) is 0 Å². The van der Waals surface area contributed by atoms with E-state index in [2.05, 4.69) is 4.98 Å². The van der Waals surface area contributed by atoms with Gasteiger partial charge in [-0.2, -0.15) is 0 Å². The zero-order valence-corrected chi connectivity index (χ0v) is 8.25. The Balaban J connectivity index is 2.63. The SMILES string of the molecule is NCC(O)c1c[nH]c2c(Cl)cccc12. The molecule has 1 aromatic carbocycles. The average molecular weight is 211 g/mol. The number of aliphatic hydroxyl groups excluding tert-OH is 1. The van der Waals surface area contributed by atoms with E-state index in [1.54, 1.807) is 12.3 Å². The summed E-state index contributed by atoms with van der Waals surface area (Å²) in [6.07, 6.45) is 1.11. The Morgan fingerprint density at radius 2 is 2.29 bits per heavy atom. The Morgan fingerprint density at radius 3 is 3.00 bits per heavy atom. The molecular formula is C10H11ClN2O. The second kappa shape index (κ2) is 3.61. The van der Waals surface area contributed by atoms with E-state index in [1.807, 2.05) is 12.1 Å². The topological polar surface area (TPSA) is 62.0 Å². The van der Waals surface area contributed by atoms with Crippen molar-refractivity contribution in [2.24, 2.45) is 5.73 Å². The molecule has 0 bridgehead atoms. The van der Waals surface area contributed by atoms with Gasteiger partial charge in [0.05, 0.1) is 16.6 Å². The second-order valence-electron chi connectivity index (χ2n) is 3.16. The summed E-state index contributed by atoms with van der Waals surface area (Å²) in [6.45, 7) is 0.208. The summed E-state index contributed by atoms with van der Waals surface area (Å²) in [5.74, 6) is 0. The van der Waals surface area contributed by atoms with Crippen molar-refractivity contribution in [2.45, 2.75) is 6.10 Å². The summed E-state index contributed by atoms with van der Waals surface area (Å²) < 4.78 is 0. The van der Waals surface area contributed by atoms with Crippen LogP contribution in [0.15, 0.2) is 24.4 Å². The minimum atomic E-state index is -0.637. The van der Waals surface area contributed by atoms with Crippen molar-refractivity contribution in [3.05, 3.63) is 35.0 Å². The third-order valence-corrected chi connectivity index (χ3v) is 2.59. The van der Waals surface area contributed by atoms with Crippen LogP contribution in [0, 0.1) is 0 Å². The number of H-pyrrole nitrogens is 1. The summed E-state index contributed by atoms with van der Waals surface area (Å²) >= 11 is 5.97. The number of aromatic nitrogens is 1. The molecule has 2 aromatic rings. The van der Waals surface area contributed by atoms with Crippen LogP contribution in [0.4, 0.5) is 0 Å². The lowest BCUT2D eigenvalue weighted by atomic mass is 10.1. The van der Waals surface area contributed by atoms with E-state index in [9.17, 15) is 5.11 Å². The molecule has 4 N–H and O–H groups in total. The molecule has 4 heteroatoms. The van der Waals surface area contributed by atoms with Crippen LogP contribution in [0.25, 0.3) is 10.9 Å². The molecule has 1 heterocycles.